The van der Waals surface area contributed by atoms with Crippen LogP contribution < -0.4 is 0 Å². The van der Waals surface area contributed by atoms with Crippen molar-refractivity contribution in [1.29, 1.82) is 0 Å². The molecule has 0 saturated heterocycles. The van der Waals surface area contributed by atoms with Gasteiger partial charge in [0.2, 0.25) is 0 Å². The standard InChI is InChI=1S/C13H26/c1-5-7-9-11-13(4)12(3)10-8-6-2/h5,7,12-13H,6,8-11H2,1-4H3. The van der Waals surface area contributed by atoms with Crippen LogP contribution in [0.5, 0.6) is 0 Å². The van der Waals surface area contributed by atoms with Crippen LogP contribution >= 0.6 is 0 Å². The molecular formula is C13H26. The Morgan fingerprint density at radius 2 is 1.69 bits per heavy atom. The van der Waals surface area contributed by atoms with Gasteiger partial charge in [0.05, 0.1) is 0 Å². The van der Waals surface area contributed by atoms with Crippen LogP contribution in [-0.4, -0.2) is 0 Å². The highest BCUT2D eigenvalue weighted by atomic mass is 14.2. The van der Waals surface area contributed by atoms with Crippen molar-refractivity contribution >= 4 is 0 Å². The third kappa shape index (κ3) is 6.86. The number of hydrogen-bond acceptors (Lipinski definition) is 0. The maximum Gasteiger partial charge on any atom is -0.0348 e. The van der Waals surface area contributed by atoms with E-state index in [1.165, 1.54) is 32.1 Å². The van der Waals surface area contributed by atoms with E-state index in [4.69, 9.17) is 0 Å². The molecule has 0 amide bonds. The van der Waals surface area contributed by atoms with Crippen molar-refractivity contribution in [3.63, 3.8) is 0 Å². The maximum absolute atomic E-state index is 2.40. The Labute approximate surface area is 84.4 Å². The third-order valence-corrected chi connectivity index (χ3v) is 3.01. The molecular weight excluding hydrogens is 156 g/mol. The van der Waals surface area contributed by atoms with Crippen LogP contribution in [0, 0.1) is 11.8 Å². The molecule has 2 unspecified atom stereocenters. The lowest BCUT2D eigenvalue weighted by molar-refractivity contribution is 0.338. The molecule has 0 aliphatic heterocycles. The lowest BCUT2D eigenvalue weighted by Gasteiger charge is -2.18. The van der Waals surface area contributed by atoms with E-state index in [9.17, 15) is 0 Å². The molecule has 0 rings (SSSR count). The minimum Gasteiger partial charge on any atom is -0.0917 e. The second-order valence-electron chi connectivity index (χ2n) is 4.24. The summed E-state index contributed by atoms with van der Waals surface area (Å²) in [5.41, 5.74) is 0. The minimum absolute atomic E-state index is 0.891. The maximum atomic E-state index is 2.40. The quantitative estimate of drug-likeness (QED) is 0.496. The van der Waals surface area contributed by atoms with Gasteiger partial charge in [0.1, 0.15) is 0 Å². The van der Waals surface area contributed by atoms with E-state index in [1.807, 2.05) is 0 Å². The molecule has 0 heterocycles. The molecule has 0 heteroatoms. The van der Waals surface area contributed by atoms with E-state index in [-0.39, 0.29) is 0 Å². The van der Waals surface area contributed by atoms with Crippen LogP contribution in [0.15, 0.2) is 12.2 Å². The summed E-state index contributed by atoms with van der Waals surface area (Å²) < 4.78 is 0. The SMILES string of the molecule is CC=CCCC(C)C(C)CCCC. The lowest BCUT2D eigenvalue weighted by Crippen LogP contribution is -2.07. The van der Waals surface area contributed by atoms with E-state index < -0.39 is 0 Å². The van der Waals surface area contributed by atoms with Crippen molar-refractivity contribution in [2.24, 2.45) is 11.8 Å². The van der Waals surface area contributed by atoms with E-state index in [2.05, 4.69) is 39.8 Å². The topological polar surface area (TPSA) is 0 Å². The molecule has 13 heavy (non-hydrogen) atoms. The smallest absolute Gasteiger partial charge is 0.0348 e. The molecule has 78 valence electrons. The molecule has 0 spiro atoms. The Morgan fingerprint density at radius 1 is 1.08 bits per heavy atom. The molecule has 0 aromatic rings. The Balaban J connectivity index is 3.49. The summed E-state index contributed by atoms with van der Waals surface area (Å²) in [7, 11) is 0. The van der Waals surface area contributed by atoms with Gasteiger partial charge in [-0.1, -0.05) is 52.2 Å². The number of rotatable bonds is 7. The van der Waals surface area contributed by atoms with Gasteiger partial charge in [-0.3, -0.25) is 0 Å². The van der Waals surface area contributed by atoms with Gasteiger partial charge in [-0.25, -0.2) is 0 Å². The van der Waals surface area contributed by atoms with Gasteiger partial charge in [0, 0.05) is 0 Å². The fraction of sp³-hybridized carbons (Fsp3) is 0.846. The first-order valence-corrected chi connectivity index (χ1v) is 5.83. The van der Waals surface area contributed by atoms with Crippen molar-refractivity contribution in [1.82, 2.24) is 0 Å². The van der Waals surface area contributed by atoms with E-state index in [0.717, 1.165) is 11.8 Å². The Bertz CT molecular complexity index is 124. The van der Waals surface area contributed by atoms with Gasteiger partial charge < -0.3 is 0 Å². The zero-order valence-corrected chi connectivity index (χ0v) is 9.84. The summed E-state index contributed by atoms with van der Waals surface area (Å²) in [4.78, 5) is 0. The summed E-state index contributed by atoms with van der Waals surface area (Å²) in [6.07, 6.45) is 11.2. The molecule has 0 aromatic carbocycles. The van der Waals surface area contributed by atoms with Crippen LogP contribution in [0.4, 0.5) is 0 Å². The van der Waals surface area contributed by atoms with E-state index in [1.54, 1.807) is 0 Å². The second-order valence-corrected chi connectivity index (χ2v) is 4.24. The van der Waals surface area contributed by atoms with E-state index >= 15 is 0 Å². The van der Waals surface area contributed by atoms with Crippen molar-refractivity contribution in [2.45, 2.75) is 59.8 Å². The first-order chi connectivity index (χ1) is 6.22. The normalized spacial score (nSPS) is 16.3. The highest BCUT2D eigenvalue weighted by molar-refractivity contribution is 4.78. The molecule has 0 aromatic heterocycles. The van der Waals surface area contributed by atoms with Crippen LogP contribution in [0.1, 0.15) is 59.8 Å². The molecule has 0 aliphatic rings. The Hall–Kier alpha value is -0.260. The van der Waals surface area contributed by atoms with Gasteiger partial charge in [-0.15, -0.1) is 0 Å². The number of hydrogen-bond donors (Lipinski definition) is 0. The highest BCUT2D eigenvalue weighted by Crippen LogP contribution is 2.22. The van der Waals surface area contributed by atoms with Crippen molar-refractivity contribution in [2.75, 3.05) is 0 Å². The number of unbranched alkanes of at least 4 members (excludes halogenated alkanes) is 1. The molecule has 0 N–H and O–H groups in total. The zero-order chi connectivity index (χ0) is 10.1. The van der Waals surface area contributed by atoms with Crippen molar-refractivity contribution in [3.05, 3.63) is 12.2 Å². The van der Waals surface area contributed by atoms with Crippen LogP contribution in [-0.2, 0) is 0 Å². The molecule has 0 aliphatic carbocycles. The van der Waals surface area contributed by atoms with Gasteiger partial charge in [-0.05, 0) is 31.6 Å². The molecule has 0 radical (unpaired) electrons. The van der Waals surface area contributed by atoms with Crippen LogP contribution in [0.3, 0.4) is 0 Å². The van der Waals surface area contributed by atoms with Gasteiger partial charge >= 0.3 is 0 Å². The van der Waals surface area contributed by atoms with Crippen molar-refractivity contribution in [3.8, 4) is 0 Å². The predicted octanol–water partition coefficient (Wildman–Crippen LogP) is 4.81. The third-order valence-electron chi connectivity index (χ3n) is 3.01. The summed E-state index contributed by atoms with van der Waals surface area (Å²) in [6, 6.07) is 0. The van der Waals surface area contributed by atoms with E-state index in [0.29, 0.717) is 0 Å². The average Bonchev–Trinajstić information content (AvgIpc) is 2.14. The Morgan fingerprint density at radius 3 is 2.23 bits per heavy atom. The minimum atomic E-state index is 0.891. The molecule has 2 atom stereocenters. The van der Waals surface area contributed by atoms with Gasteiger partial charge in [0.15, 0.2) is 0 Å². The van der Waals surface area contributed by atoms with Crippen LogP contribution in [0.2, 0.25) is 0 Å². The molecule has 0 fully saturated rings. The monoisotopic (exact) mass is 182 g/mol. The van der Waals surface area contributed by atoms with Gasteiger partial charge in [0.25, 0.3) is 0 Å². The lowest BCUT2D eigenvalue weighted by atomic mass is 9.88. The average molecular weight is 182 g/mol. The number of allylic oxidation sites excluding steroid dienone is 2. The summed E-state index contributed by atoms with van der Waals surface area (Å²) >= 11 is 0. The summed E-state index contributed by atoms with van der Waals surface area (Å²) in [5.74, 6) is 1.80. The van der Waals surface area contributed by atoms with Gasteiger partial charge in [-0.2, -0.15) is 0 Å². The fourth-order valence-electron chi connectivity index (χ4n) is 1.62. The molecule has 0 bridgehead atoms. The molecule has 0 saturated carbocycles. The second kappa shape index (κ2) is 8.34. The van der Waals surface area contributed by atoms with Crippen molar-refractivity contribution < 1.29 is 0 Å². The largest absolute Gasteiger partial charge is 0.0917 e. The zero-order valence-electron chi connectivity index (χ0n) is 9.84. The Kier molecular flexibility index (Phi) is 8.18. The summed E-state index contributed by atoms with van der Waals surface area (Å²) in [6.45, 7) is 9.17. The summed E-state index contributed by atoms with van der Waals surface area (Å²) in [5, 5.41) is 0. The molecule has 0 nitrogen and oxygen atoms in total. The first kappa shape index (κ1) is 12.7. The highest BCUT2D eigenvalue weighted by Gasteiger charge is 2.10. The predicted molar refractivity (Wildman–Crippen MR) is 61.9 cm³/mol. The van der Waals surface area contributed by atoms with Crippen LogP contribution in [0.25, 0.3) is 0 Å². The first-order valence-electron chi connectivity index (χ1n) is 5.83. The fourth-order valence-corrected chi connectivity index (χ4v) is 1.62.